The normalized spacial score (nSPS) is 12.6. The molecule has 6 heteroatoms. The average molecular weight is 277 g/mol. The number of halogens is 1. The van der Waals surface area contributed by atoms with E-state index in [1.807, 2.05) is 0 Å². The van der Waals surface area contributed by atoms with Gasteiger partial charge < -0.3 is 5.32 Å². The highest BCUT2D eigenvalue weighted by molar-refractivity contribution is 5.16. The van der Waals surface area contributed by atoms with Crippen molar-refractivity contribution >= 4 is 0 Å². The molecule has 0 saturated carbocycles. The van der Waals surface area contributed by atoms with E-state index >= 15 is 0 Å². The number of aryl methyl sites for hydroxylation is 2. The third-order valence-corrected chi connectivity index (χ3v) is 3.17. The van der Waals surface area contributed by atoms with Gasteiger partial charge in [-0.3, -0.25) is 0 Å². The summed E-state index contributed by atoms with van der Waals surface area (Å²) in [4.78, 5) is 0. The monoisotopic (exact) mass is 277 g/mol. The fourth-order valence-corrected chi connectivity index (χ4v) is 2.02. The van der Waals surface area contributed by atoms with Crippen LogP contribution in [0.15, 0.2) is 24.3 Å². The number of aromatic nitrogens is 4. The molecular weight excluding hydrogens is 257 g/mol. The lowest BCUT2D eigenvalue weighted by Crippen LogP contribution is -2.23. The van der Waals surface area contributed by atoms with Crippen LogP contribution in [0.5, 0.6) is 0 Å². The van der Waals surface area contributed by atoms with Crippen molar-refractivity contribution in [3.05, 3.63) is 41.5 Å². The van der Waals surface area contributed by atoms with Crippen molar-refractivity contribution in [2.75, 3.05) is 6.54 Å². The Morgan fingerprint density at radius 1 is 1.30 bits per heavy atom. The quantitative estimate of drug-likeness (QED) is 0.842. The summed E-state index contributed by atoms with van der Waals surface area (Å²) in [6.07, 6.45) is 1.85. The molecule has 0 fully saturated rings. The van der Waals surface area contributed by atoms with E-state index < -0.39 is 0 Å². The summed E-state index contributed by atoms with van der Waals surface area (Å²) in [5.41, 5.74) is 1.07. The van der Waals surface area contributed by atoms with Gasteiger partial charge in [-0.15, -0.1) is 5.10 Å². The Morgan fingerprint density at radius 3 is 2.75 bits per heavy atom. The van der Waals surface area contributed by atoms with Gasteiger partial charge >= 0.3 is 0 Å². The first-order valence-corrected chi connectivity index (χ1v) is 6.94. The molecule has 0 aliphatic rings. The number of rotatable bonds is 7. The van der Waals surface area contributed by atoms with E-state index in [-0.39, 0.29) is 11.9 Å². The highest BCUT2D eigenvalue weighted by Gasteiger charge is 2.13. The summed E-state index contributed by atoms with van der Waals surface area (Å²) in [6.45, 7) is 5.80. The minimum absolute atomic E-state index is 0.123. The van der Waals surface area contributed by atoms with Gasteiger partial charge in [-0.05, 0) is 54.4 Å². The number of benzene rings is 1. The molecule has 5 nitrogen and oxygen atoms in total. The second-order valence-corrected chi connectivity index (χ2v) is 4.81. The molecule has 0 saturated heterocycles. The minimum atomic E-state index is -0.214. The zero-order valence-corrected chi connectivity index (χ0v) is 11.9. The molecule has 0 spiro atoms. The minimum Gasteiger partial charge on any atom is -0.307 e. The van der Waals surface area contributed by atoms with E-state index in [2.05, 4.69) is 34.7 Å². The lowest BCUT2D eigenvalue weighted by Gasteiger charge is -2.12. The first kappa shape index (κ1) is 14.6. The molecule has 1 aromatic carbocycles. The second kappa shape index (κ2) is 7.09. The van der Waals surface area contributed by atoms with E-state index in [1.54, 1.807) is 16.8 Å². The molecule has 0 bridgehead atoms. The van der Waals surface area contributed by atoms with Crippen molar-refractivity contribution in [1.29, 1.82) is 0 Å². The van der Waals surface area contributed by atoms with Crippen molar-refractivity contribution in [3.8, 4) is 0 Å². The number of hydrogen-bond acceptors (Lipinski definition) is 4. The number of nitrogens with zero attached hydrogens (tertiary/aromatic N) is 4. The predicted molar refractivity (Wildman–Crippen MR) is 74.6 cm³/mol. The number of hydrogen-bond donors (Lipinski definition) is 1. The molecule has 1 aromatic heterocycles. The standard InChI is InChI=1S/C14H20FN5/c1-3-9-16-11(2)14-17-18-19-20(14)10-8-12-4-6-13(15)7-5-12/h4-7,11,16H,3,8-10H2,1-2H3. The van der Waals surface area contributed by atoms with Crippen molar-refractivity contribution in [1.82, 2.24) is 25.5 Å². The van der Waals surface area contributed by atoms with Crippen molar-refractivity contribution in [2.24, 2.45) is 0 Å². The van der Waals surface area contributed by atoms with Gasteiger partial charge in [-0.2, -0.15) is 0 Å². The van der Waals surface area contributed by atoms with Gasteiger partial charge in [0.15, 0.2) is 5.82 Å². The fraction of sp³-hybridized carbons (Fsp3) is 0.500. The van der Waals surface area contributed by atoms with E-state index in [0.29, 0.717) is 6.54 Å². The lowest BCUT2D eigenvalue weighted by molar-refractivity contribution is 0.486. The molecule has 20 heavy (non-hydrogen) atoms. The molecule has 0 radical (unpaired) electrons. The van der Waals surface area contributed by atoms with E-state index in [9.17, 15) is 4.39 Å². The Labute approximate surface area is 118 Å². The van der Waals surface area contributed by atoms with Crippen molar-refractivity contribution < 1.29 is 4.39 Å². The summed E-state index contributed by atoms with van der Waals surface area (Å²) in [6, 6.07) is 6.65. The Morgan fingerprint density at radius 2 is 2.05 bits per heavy atom. The van der Waals surface area contributed by atoms with Crippen LogP contribution in [0.1, 0.15) is 37.7 Å². The molecule has 0 amide bonds. The van der Waals surface area contributed by atoms with Crippen molar-refractivity contribution in [3.63, 3.8) is 0 Å². The van der Waals surface area contributed by atoms with Crippen LogP contribution in [-0.4, -0.2) is 26.8 Å². The van der Waals surface area contributed by atoms with Gasteiger partial charge in [0.1, 0.15) is 5.82 Å². The summed E-state index contributed by atoms with van der Waals surface area (Å²) in [7, 11) is 0. The summed E-state index contributed by atoms with van der Waals surface area (Å²) in [5.74, 6) is 0.620. The molecule has 1 unspecified atom stereocenters. The smallest absolute Gasteiger partial charge is 0.167 e. The molecule has 1 atom stereocenters. The zero-order chi connectivity index (χ0) is 14.4. The largest absolute Gasteiger partial charge is 0.307 e. The van der Waals surface area contributed by atoms with Gasteiger partial charge in [0.05, 0.1) is 6.04 Å². The maximum Gasteiger partial charge on any atom is 0.167 e. The third kappa shape index (κ3) is 3.84. The molecule has 0 aliphatic carbocycles. The third-order valence-electron chi connectivity index (χ3n) is 3.17. The molecular formula is C14H20FN5. The Bertz CT molecular complexity index is 523. The lowest BCUT2D eigenvalue weighted by atomic mass is 10.1. The SMILES string of the molecule is CCCNC(C)c1nnnn1CCc1ccc(F)cc1. The maximum atomic E-state index is 12.8. The first-order chi connectivity index (χ1) is 9.70. The maximum absolute atomic E-state index is 12.8. The van der Waals surface area contributed by atoms with Gasteiger partial charge in [0.2, 0.25) is 0 Å². The summed E-state index contributed by atoms with van der Waals surface area (Å²) in [5, 5.41) is 15.2. The molecule has 2 aromatic rings. The molecule has 2 rings (SSSR count). The number of nitrogens with one attached hydrogen (secondary N) is 1. The van der Waals surface area contributed by atoms with Crippen LogP contribution in [0, 0.1) is 5.82 Å². The van der Waals surface area contributed by atoms with Crippen LogP contribution in [0.3, 0.4) is 0 Å². The zero-order valence-electron chi connectivity index (χ0n) is 11.9. The highest BCUT2D eigenvalue weighted by atomic mass is 19.1. The van der Waals surface area contributed by atoms with Crippen LogP contribution in [0.4, 0.5) is 4.39 Å². The molecule has 108 valence electrons. The van der Waals surface area contributed by atoms with E-state index in [4.69, 9.17) is 0 Å². The van der Waals surface area contributed by atoms with Crippen LogP contribution in [-0.2, 0) is 13.0 Å². The Balaban J connectivity index is 1.96. The molecule has 0 aliphatic heterocycles. The van der Waals surface area contributed by atoms with Crippen LogP contribution in [0.2, 0.25) is 0 Å². The van der Waals surface area contributed by atoms with E-state index in [0.717, 1.165) is 30.8 Å². The fourth-order valence-electron chi connectivity index (χ4n) is 2.02. The second-order valence-electron chi connectivity index (χ2n) is 4.81. The predicted octanol–water partition coefficient (Wildman–Crippen LogP) is 2.12. The topological polar surface area (TPSA) is 55.6 Å². The van der Waals surface area contributed by atoms with Gasteiger partial charge in [-0.1, -0.05) is 19.1 Å². The number of tetrazole rings is 1. The van der Waals surface area contributed by atoms with Gasteiger partial charge in [-0.25, -0.2) is 9.07 Å². The van der Waals surface area contributed by atoms with Crippen LogP contribution in [0.25, 0.3) is 0 Å². The average Bonchev–Trinajstić information content (AvgIpc) is 2.92. The van der Waals surface area contributed by atoms with Crippen molar-refractivity contribution in [2.45, 2.75) is 39.3 Å². The Kier molecular flexibility index (Phi) is 5.17. The summed E-state index contributed by atoms with van der Waals surface area (Å²) >= 11 is 0. The highest BCUT2D eigenvalue weighted by Crippen LogP contribution is 2.09. The van der Waals surface area contributed by atoms with Crippen LogP contribution >= 0.6 is 0 Å². The van der Waals surface area contributed by atoms with Gasteiger partial charge in [0.25, 0.3) is 0 Å². The first-order valence-electron chi connectivity index (χ1n) is 6.94. The summed E-state index contributed by atoms with van der Waals surface area (Å²) < 4.78 is 14.6. The van der Waals surface area contributed by atoms with Crippen LogP contribution < -0.4 is 5.32 Å². The Hall–Kier alpha value is -1.82. The van der Waals surface area contributed by atoms with E-state index in [1.165, 1.54) is 12.1 Å². The molecule has 1 N–H and O–H groups in total. The van der Waals surface area contributed by atoms with Gasteiger partial charge in [0, 0.05) is 6.54 Å². The molecule has 1 heterocycles.